The molecule has 1 N–H and O–H groups in total. The first-order valence-electron chi connectivity index (χ1n) is 9.32. The molecule has 0 aliphatic carbocycles. The van der Waals surface area contributed by atoms with Gasteiger partial charge in [0.2, 0.25) is 0 Å². The molecule has 4 nitrogen and oxygen atoms in total. The Labute approximate surface area is 159 Å². The van der Waals surface area contributed by atoms with Crippen molar-refractivity contribution in [1.82, 2.24) is 9.55 Å². The van der Waals surface area contributed by atoms with Crippen molar-refractivity contribution < 1.29 is 9.84 Å². The molecule has 1 aromatic heterocycles. The van der Waals surface area contributed by atoms with Gasteiger partial charge in [-0.2, -0.15) is 0 Å². The smallest absolute Gasteiger partial charge is 0.141 e. The number of benzene rings is 3. The largest absolute Gasteiger partial charge is 0.494 e. The van der Waals surface area contributed by atoms with Crippen LogP contribution in [-0.4, -0.2) is 21.3 Å². The molecular weight excluding hydrogens is 336 g/mol. The summed E-state index contributed by atoms with van der Waals surface area (Å²) in [5, 5.41) is 12.9. The molecule has 0 aliphatic rings. The molecule has 1 heterocycles. The summed E-state index contributed by atoms with van der Waals surface area (Å²) in [6.45, 7) is 4.90. The Morgan fingerprint density at radius 1 is 0.963 bits per heavy atom. The summed E-state index contributed by atoms with van der Waals surface area (Å²) in [4.78, 5) is 4.63. The van der Waals surface area contributed by atoms with Crippen LogP contribution in [0.2, 0.25) is 0 Å². The zero-order valence-electron chi connectivity index (χ0n) is 15.7. The van der Waals surface area contributed by atoms with Gasteiger partial charge >= 0.3 is 0 Å². The van der Waals surface area contributed by atoms with Crippen LogP contribution in [0.15, 0.2) is 66.7 Å². The molecule has 0 aliphatic heterocycles. The van der Waals surface area contributed by atoms with Crippen LogP contribution in [0, 0.1) is 0 Å². The van der Waals surface area contributed by atoms with Crippen molar-refractivity contribution in [1.29, 1.82) is 0 Å². The summed E-state index contributed by atoms with van der Waals surface area (Å²) in [7, 11) is 0. The maximum atomic E-state index is 10.5. The van der Waals surface area contributed by atoms with E-state index in [9.17, 15) is 5.11 Å². The van der Waals surface area contributed by atoms with Gasteiger partial charge in [-0.1, -0.05) is 42.5 Å². The molecule has 3 aromatic carbocycles. The number of aryl methyl sites for hydroxylation is 1. The highest BCUT2D eigenvalue weighted by atomic mass is 16.5. The number of aromatic nitrogens is 2. The third-order valence-electron chi connectivity index (χ3n) is 4.72. The number of rotatable bonds is 6. The third kappa shape index (κ3) is 3.67. The molecule has 0 unspecified atom stereocenters. The number of ether oxygens (including phenoxy) is 1. The SMILES string of the molecule is CC(C)(O)c1nc2ccccc2n1CCCOc1ccc2ccccc2c1. The standard InChI is InChI=1S/C23H24N2O2/c1-23(2,26)22-24-20-10-5-6-11-21(20)25(22)14-7-15-27-19-13-12-17-8-3-4-9-18(17)16-19/h3-6,8-13,16,26H,7,14-15H2,1-2H3. The first kappa shape index (κ1) is 17.6. The van der Waals surface area contributed by atoms with Crippen molar-refractivity contribution in [3.63, 3.8) is 0 Å². The molecule has 0 fully saturated rings. The van der Waals surface area contributed by atoms with E-state index in [0.717, 1.165) is 29.7 Å². The minimum absolute atomic E-state index is 0.607. The lowest BCUT2D eigenvalue weighted by Gasteiger charge is -2.19. The van der Waals surface area contributed by atoms with E-state index >= 15 is 0 Å². The van der Waals surface area contributed by atoms with Crippen molar-refractivity contribution in [3.8, 4) is 5.75 Å². The highest BCUT2D eigenvalue weighted by Crippen LogP contribution is 2.25. The fraction of sp³-hybridized carbons (Fsp3) is 0.261. The number of hydrogen-bond acceptors (Lipinski definition) is 3. The number of para-hydroxylation sites is 2. The van der Waals surface area contributed by atoms with Gasteiger partial charge in [-0.25, -0.2) is 4.98 Å². The van der Waals surface area contributed by atoms with Gasteiger partial charge in [-0.3, -0.25) is 0 Å². The average Bonchev–Trinajstić information content (AvgIpc) is 3.04. The first-order chi connectivity index (χ1) is 13.0. The van der Waals surface area contributed by atoms with E-state index in [-0.39, 0.29) is 0 Å². The molecule has 138 valence electrons. The Balaban J connectivity index is 1.47. The van der Waals surface area contributed by atoms with E-state index in [1.165, 1.54) is 10.8 Å². The molecule has 0 spiro atoms. The Morgan fingerprint density at radius 3 is 2.52 bits per heavy atom. The molecule has 4 aromatic rings. The highest BCUT2D eigenvalue weighted by Gasteiger charge is 2.24. The Hall–Kier alpha value is -2.85. The lowest BCUT2D eigenvalue weighted by atomic mass is 10.1. The van der Waals surface area contributed by atoms with Gasteiger partial charge in [-0.05, 0) is 55.3 Å². The predicted molar refractivity (Wildman–Crippen MR) is 109 cm³/mol. The normalized spacial score (nSPS) is 12.0. The van der Waals surface area contributed by atoms with Crippen LogP contribution in [0.1, 0.15) is 26.1 Å². The van der Waals surface area contributed by atoms with Gasteiger partial charge in [0.1, 0.15) is 17.2 Å². The first-order valence-corrected chi connectivity index (χ1v) is 9.32. The summed E-state index contributed by atoms with van der Waals surface area (Å²) in [5.41, 5.74) is 0.962. The van der Waals surface area contributed by atoms with Gasteiger partial charge < -0.3 is 14.4 Å². The molecule has 4 heteroatoms. The van der Waals surface area contributed by atoms with Crippen molar-refractivity contribution in [2.45, 2.75) is 32.4 Å². The molecule has 4 rings (SSSR count). The zero-order chi connectivity index (χ0) is 18.9. The number of aliphatic hydroxyl groups is 1. The van der Waals surface area contributed by atoms with Gasteiger partial charge in [0.15, 0.2) is 0 Å². The number of imidazole rings is 1. The van der Waals surface area contributed by atoms with Gasteiger partial charge in [0.25, 0.3) is 0 Å². The van der Waals surface area contributed by atoms with Crippen LogP contribution < -0.4 is 4.74 Å². The molecule has 0 atom stereocenters. The highest BCUT2D eigenvalue weighted by molar-refractivity contribution is 5.83. The topological polar surface area (TPSA) is 47.3 Å². The van der Waals surface area contributed by atoms with Crippen molar-refractivity contribution in [2.75, 3.05) is 6.61 Å². The van der Waals surface area contributed by atoms with Crippen molar-refractivity contribution in [2.24, 2.45) is 0 Å². The fourth-order valence-electron chi connectivity index (χ4n) is 3.44. The lowest BCUT2D eigenvalue weighted by molar-refractivity contribution is 0.0649. The van der Waals surface area contributed by atoms with E-state index in [2.05, 4.69) is 33.8 Å². The summed E-state index contributed by atoms with van der Waals surface area (Å²) >= 11 is 0. The Morgan fingerprint density at radius 2 is 1.70 bits per heavy atom. The van der Waals surface area contributed by atoms with Crippen LogP contribution >= 0.6 is 0 Å². The van der Waals surface area contributed by atoms with Crippen LogP contribution in [-0.2, 0) is 12.1 Å². The predicted octanol–water partition coefficient (Wildman–Crippen LogP) is 4.89. The van der Waals surface area contributed by atoms with E-state index in [4.69, 9.17) is 4.74 Å². The van der Waals surface area contributed by atoms with Gasteiger partial charge in [0, 0.05) is 6.54 Å². The van der Waals surface area contributed by atoms with E-state index in [1.54, 1.807) is 13.8 Å². The molecule has 27 heavy (non-hydrogen) atoms. The molecule has 0 bridgehead atoms. The fourth-order valence-corrected chi connectivity index (χ4v) is 3.44. The molecular formula is C23H24N2O2. The minimum Gasteiger partial charge on any atom is -0.494 e. The number of hydrogen-bond donors (Lipinski definition) is 1. The monoisotopic (exact) mass is 360 g/mol. The van der Waals surface area contributed by atoms with E-state index < -0.39 is 5.60 Å². The quantitative estimate of drug-likeness (QED) is 0.498. The van der Waals surface area contributed by atoms with E-state index in [1.807, 2.05) is 42.5 Å². The average molecular weight is 360 g/mol. The van der Waals surface area contributed by atoms with Crippen LogP contribution in [0.25, 0.3) is 21.8 Å². The van der Waals surface area contributed by atoms with Gasteiger partial charge in [-0.15, -0.1) is 0 Å². The van der Waals surface area contributed by atoms with Crippen LogP contribution in [0.4, 0.5) is 0 Å². The van der Waals surface area contributed by atoms with E-state index in [0.29, 0.717) is 12.4 Å². The van der Waals surface area contributed by atoms with Crippen molar-refractivity contribution in [3.05, 3.63) is 72.6 Å². The van der Waals surface area contributed by atoms with Crippen molar-refractivity contribution >= 4 is 21.8 Å². The lowest BCUT2D eigenvalue weighted by Crippen LogP contribution is -2.22. The maximum absolute atomic E-state index is 10.5. The molecule has 0 amide bonds. The Bertz CT molecular complexity index is 1080. The second-order valence-corrected chi connectivity index (χ2v) is 7.35. The van der Waals surface area contributed by atoms with Crippen LogP contribution in [0.5, 0.6) is 5.75 Å². The summed E-state index contributed by atoms with van der Waals surface area (Å²) in [6, 6.07) is 22.4. The number of nitrogens with zero attached hydrogens (tertiary/aromatic N) is 2. The molecule has 0 saturated carbocycles. The second-order valence-electron chi connectivity index (χ2n) is 7.35. The Kier molecular flexibility index (Phi) is 4.58. The van der Waals surface area contributed by atoms with Crippen LogP contribution in [0.3, 0.4) is 0 Å². The maximum Gasteiger partial charge on any atom is 0.141 e. The number of fused-ring (bicyclic) bond motifs is 2. The molecule has 0 saturated heterocycles. The van der Waals surface area contributed by atoms with Gasteiger partial charge in [0.05, 0.1) is 17.6 Å². The second kappa shape index (κ2) is 7.05. The summed E-state index contributed by atoms with van der Waals surface area (Å²) < 4.78 is 8.05. The summed E-state index contributed by atoms with van der Waals surface area (Å²) in [6.07, 6.45) is 0.830. The summed E-state index contributed by atoms with van der Waals surface area (Å²) in [5.74, 6) is 1.57. The third-order valence-corrected chi connectivity index (χ3v) is 4.72. The zero-order valence-corrected chi connectivity index (χ0v) is 15.7. The molecule has 0 radical (unpaired) electrons. The minimum atomic E-state index is -0.988.